The highest BCUT2D eigenvalue weighted by Crippen LogP contribution is 2.23. The van der Waals surface area contributed by atoms with E-state index in [2.05, 4.69) is 49.7 Å². The van der Waals surface area contributed by atoms with E-state index in [-0.39, 0.29) is 6.04 Å². The first-order chi connectivity index (χ1) is 16.6. The second-order valence-corrected chi connectivity index (χ2v) is 8.54. The minimum atomic E-state index is -0.626. The van der Waals surface area contributed by atoms with Gasteiger partial charge in [0.15, 0.2) is 0 Å². The second kappa shape index (κ2) is 11.4. The first kappa shape index (κ1) is 23.4. The normalized spacial score (nSPS) is 14.9. The van der Waals surface area contributed by atoms with Crippen LogP contribution < -0.4 is 15.5 Å². The monoisotopic (exact) mass is 457 g/mol. The predicted octanol–water partition coefficient (Wildman–Crippen LogP) is 2.69. The van der Waals surface area contributed by atoms with Crippen molar-refractivity contribution in [3.05, 3.63) is 95.8 Å². The summed E-state index contributed by atoms with van der Waals surface area (Å²) < 4.78 is 0. The van der Waals surface area contributed by atoms with Crippen molar-refractivity contribution in [3.63, 3.8) is 0 Å². The van der Waals surface area contributed by atoms with Gasteiger partial charge in [-0.15, -0.1) is 0 Å². The third-order valence-corrected chi connectivity index (χ3v) is 6.18. The Morgan fingerprint density at radius 2 is 1.59 bits per heavy atom. The Balaban J connectivity index is 1.34. The Morgan fingerprint density at radius 1 is 0.882 bits per heavy atom. The molecular formula is C27H31N5O2. The lowest BCUT2D eigenvalue weighted by molar-refractivity contribution is -0.139. The molecule has 0 bridgehead atoms. The standard InChI is InChI=1S/C27H31N5O2/c1-21-9-11-22(12-10-21)18-29-26(33)27(34)30-20-25(23-6-5-13-28-19-23)32-16-14-31(15-17-32)24-7-3-2-4-8-24/h2-13,19,25H,14-18,20H2,1H3,(H,29,33)(H,30,34)/t25-/m1/s1. The third-order valence-electron chi connectivity index (χ3n) is 6.18. The van der Waals surface area contributed by atoms with Gasteiger partial charge in [0.05, 0.1) is 6.04 Å². The van der Waals surface area contributed by atoms with Gasteiger partial charge in [0.2, 0.25) is 0 Å². The van der Waals surface area contributed by atoms with E-state index < -0.39 is 11.8 Å². The fourth-order valence-corrected chi connectivity index (χ4v) is 4.20. The molecule has 1 aliphatic heterocycles. The van der Waals surface area contributed by atoms with Gasteiger partial charge in [-0.05, 0) is 36.2 Å². The number of aryl methyl sites for hydroxylation is 1. The van der Waals surface area contributed by atoms with Crippen molar-refractivity contribution in [1.29, 1.82) is 0 Å². The van der Waals surface area contributed by atoms with Gasteiger partial charge in [-0.3, -0.25) is 19.5 Å². The van der Waals surface area contributed by atoms with Crippen molar-refractivity contribution in [3.8, 4) is 0 Å². The topological polar surface area (TPSA) is 77.6 Å². The molecule has 0 spiro atoms. The number of nitrogens with zero attached hydrogens (tertiary/aromatic N) is 3. The van der Waals surface area contributed by atoms with Gasteiger partial charge in [-0.1, -0.05) is 54.1 Å². The Morgan fingerprint density at radius 3 is 2.26 bits per heavy atom. The Labute approximate surface area is 200 Å². The lowest BCUT2D eigenvalue weighted by atomic mass is 10.1. The van der Waals surface area contributed by atoms with E-state index in [1.807, 2.05) is 55.6 Å². The number of rotatable bonds is 7. The van der Waals surface area contributed by atoms with Crippen LogP contribution in [-0.2, 0) is 16.1 Å². The summed E-state index contributed by atoms with van der Waals surface area (Å²) in [5.41, 5.74) is 4.35. The number of amides is 2. The third kappa shape index (κ3) is 6.20. The van der Waals surface area contributed by atoms with E-state index in [0.717, 1.165) is 42.9 Å². The molecule has 4 rings (SSSR count). The first-order valence-corrected chi connectivity index (χ1v) is 11.7. The maximum absolute atomic E-state index is 12.5. The summed E-state index contributed by atoms with van der Waals surface area (Å²) in [6, 6.07) is 22.1. The van der Waals surface area contributed by atoms with E-state index in [1.165, 1.54) is 5.69 Å². The molecular weight excluding hydrogens is 426 g/mol. The number of hydrogen-bond acceptors (Lipinski definition) is 5. The van der Waals surface area contributed by atoms with E-state index in [0.29, 0.717) is 13.1 Å². The van der Waals surface area contributed by atoms with Crippen LogP contribution in [0.1, 0.15) is 22.7 Å². The largest absolute Gasteiger partial charge is 0.369 e. The van der Waals surface area contributed by atoms with Crippen LogP contribution in [0.15, 0.2) is 79.1 Å². The van der Waals surface area contributed by atoms with Crippen molar-refractivity contribution in [2.24, 2.45) is 0 Å². The van der Waals surface area contributed by atoms with E-state index in [1.54, 1.807) is 6.20 Å². The number of aromatic nitrogens is 1. The fraction of sp³-hybridized carbons (Fsp3) is 0.296. The molecule has 2 N–H and O–H groups in total. The van der Waals surface area contributed by atoms with Crippen LogP contribution in [0, 0.1) is 6.92 Å². The molecule has 0 unspecified atom stereocenters. The van der Waals surface area contributed by atoms with Crippen molar-refractivity contribution >= 4 is 17.5 Å². The minimum Gasteiger partial charge on any atom is -0.369 e. The number of nitrogens with one attached hydrogen (secondary N) is 2. The van der Waals surface area contributed by atoms with Gasteiger partial charge >= 0.3 is 11.8 Å². The zero-order valence-electron chi connectivity index (χ0n) is 19.5. The molecule has 1 atom stereocenters. The van der Waals surface area contributed by atoms with Gasteiger partial charge in [-0.25, -0.2) is 0 Å². The van der Waals surface area contributed by atoms with Crippen LogP contribution in [0.2, 0.25) is 0 Å². The smallest absolute Gasteiger partial charge is 0.309 e. The van der Waals surface area contributed by atoms with Crippen LogP contribution >= 0.6 is 0 Å². The van der Waals surface area contributed by atoms with Crippen molar-refractivity contribution in [2.75, 3.05) is 37.6 Å². The van der Waals surface area contributed by atoms with Gasteiger partial charge in [0, 0.05) is 57.3 Å². The number of anilines is 1. The molecule has 2 aromatic carbocycles. The molecule has 7 heteroatoms. The highest BCUT2D eigenvalue weighted by Gasteiger charge is 2.26. The quantitative estimate of drug-likeness (QED) is 0.534. The molecule has 7 nitrogen and oxygen atoms in total. The SMILES string of the molecule is Cc1ccc(CNC(=O)C(=O)NC[C@H](c2cccnc2)N2CCN(c3ccccc3)CC2)cc1. The molecule has 1 saturated heterocycles. The van der Waals surface area contributed by atoms with Crippen LogP contribution in [0.5, 0.6) is 0 Å². The van der Waals surface area contributed by atoms with Crippen molar-refractivity contribution in [1.82, 2.24) is 20.5 Å². The van der Waals surface area contributed by atoms with Crippen molar-refractivity contribution < 1.29 is 9.59 Å². The Kier molecular flexibility index (Phi) is 7.88. The number of carbonyl (C=O) groups is 2. The minimum absolute atomic E-state index is 0.0551. The summed E-state index contributed by atoms with van der Waals surface area (Å²) in [5, 5.41) is 5.53. The maximum Gasteiger partial charge on any atom is 0.309 e. The van der Waals surface area contributed by atoms with E-state index >= 15 is 0 Å². The number of hydrogen-bond donors (Lipinski definition) is 2. The summed E-state index contributed by atoms with van der Waals surface area (Å²) in [7, 11) is 0. The summed E-state index contributed by atoms with van der Waals surface area (Å²) in [5.74, 6) is -1.25. The van der Waals surface area contributed by atoms with Crippen LogP contribution in [-0.4, -0.2) is 54.4 Å². The molecule has 1 aromatic heterocycles. The fourth-order valence-electron chi connectivity index (χ4n) is 4.20. The summed E-state index contributed by atoms with van der Waals surface area (Å²) >= 11 is 0. The summed E-state index contributed by atoms with van der Waals surface area (Å²) in [6.07, 6.45) is 3.57. The number of pyridine rings is 1. The van der Waals surface area contributed by atoms with Gasteiger partial charge in [0.1, 0.15) is 0 Å². The van der Waals surface area contributed by atoms with Crippen LogP contribution in [0.4, 0.5) is 5.69 Å². The van der Waals surface area contributed by atoms with Gasteiger partial charge in [0.25, 0.3) is 0 Å². The molecule has 1 aliphatic rings. The Hall–Kier alpha value is -3.71. The molecule has 0 saturated carbocycles. The number of piperazine rings is 1. The van der Waals surface area contributed by atoms with E-state index in [9.17, 15) is 9.59 Å². The average Bonchev–Trinajstić information content (AvgIpc) is 2.89. The maximum atomic E-state index is 12.5. The van der Waals surface area contributed by atoms with Crippen LogP contribution in [0.3, 0.4) is 0 Å². The molecule has 3 aromatic rings. The van der Waals surface area contributed by atoms with E-state index in [4.69, 9.17) is 0 Å². The predicted molar refractivity (Wildman–Crippen MR) is 133 cm³/mol. The first-order valence-electron chi connectivity index (χ1n) is 11.7. The average molecular weight is 458 g/mol. The lowest BCUT2D eigenvalue weighted by Crippen LogP contribution is -2.50. The molecule has 34 heavy (non-hydrogen) atoms. The zero-order valence-corrected chi connectivity index (χ0v) is 19.5. The summed E-state index contributed by atoms with van der Waals surface area (Å²) in [4.78, 5) is 33.8. The zero-order chi connectivity index (χ0) is 23.8. The highest BCUT2D eigenvalue weighted by atomic mass is 16.2. The number of para-hydroxylation sites is 1. The second-order valence-electron chi connectivity index (χ2n) is 8.54. The van der Waals surface area contributed by atoms with Crippen LogP contribution in [0.25, 0.3) is 0 Å². The number of carbonyl (C=O) groups excluding carboxylic acids is 2. The molecule has 0 radical (unpaired) electrons. The molecule has 1 fully saturated rings. The summed E-state index contributed by atoms with van der Waals surface area (Å²) in [6.45, 7) is 6.16. The highest BCUT2D eigenvalue weighted by molar-refractivity contribution is 6.35. The van der Waals surface area contributed by atoms with Crippen molar-refractivity contribution in [2.45, 2.75) is 19.5 Å². The number of benzene rings is 2. The van der Waals surface area contributed by atoms with Gasteiger partial charge < -0.3 is 15.5 Å². The molecule has 0 aliphatic carbocycles. The lowest BCUT2D eigenvalue weighted by Gasteiger charge is -2.40. The molecule has 2 heterocycles. The molecule has 176 valence electrons. The molecule has 2 amide bonds. The van der Waals surface area contributed by atoms with Gasteiger partial charge in [-0.2, -0.15) is 0 Å². The Bertz CT molecular complexity index is 1070.